The number of hydrogen-bond acceptors (Lipinski definition) is 4. The number of nitrogens with one attached hydrogen (secondary N) is 2. The maximum absolute atomic E-state index is 4.74. The van der Waals surface area contributed by atoms with Gasteiger partial charge in [0.2, 0.25) is 0 Å². The molecule has 1 aliphatic heterocycles. The first-order valence-electron chi connectivity index (χ1n) is 7.31. The highest BCUT2D eigenvalue weighted by atomic mass is 15.3. The highest BCUT2D eigenvalue weighted by Gasteiger charge is 2.39. The van der Waals surface area contributed by atoms with Crippen LogP contribution in [0.15, 0.2) is 30.1 Å². The molecule has 0 fully saturated rings. The van der Waals surface area contributed by atoms with Crippen LogP contribution in [0.2, 0.25) is 0 Å². The van der Waals surface area contributed by atoms with Gasteiger partial charge < -0.3 is 10.6 Å². The molecule has 0 aromatic carbocycles. The van der Waals surface area contributed by atoms with Crippen LogP contribution < -0.4 is 10.6 Å². The Balaban J connectivity index is 1.96. The van der Waals surface area contributed by atoms with E-state index in [4.69, 9.17) is 5.10 Å². The Labute approximate surface area is 124 Å². The van der Waals surface area contributed by atoms with Crippen LogP contribution in [0.4, 0.5) is 0 Å². The van der Waals surface area contributed by atoms with Crippen LogP contribution in [-0.4, -0.2) is 21.4 Å². The summed E-state index contributed by atoms with van der Waals surface area (Å²) in [5, 5.41) is 11.7. The summed E-state index contributed by atoms with van der Waals surface area (Å²) >= 11 is 0. The molecule has 21 heavy (non-hydrogen) atoms. The van der Waals surface area contributed by atoms with Crippen LogP contribution in [-0.2, 0) is 6.42 Å². The Morgan fingerprint density at radius 3 is 2.86 bits per heavy atom. The summed E-state index contributed by atoms with van der Waals surface area (Å²) in [5.41, 5.74) is 6.12. The molecule has 2 aliphatic rings. The van der Waals surface area contributed by atoms with Crippen LogP contribution in [0.25, 0.3) is 11.5 Å². The molecule has 0 spiro atoms. The van der Waals surface area contributed by atoms with Crippen LogP contribution >= 0.6 is 0 Å². The molecule has 0 radical (unpaired) electrons. The van der Waals surface area contributed by atoms with E-state index in [0.717, 1.165) is 24.6 Å². The average molecular weight is 281 g/mol. The topological polar surface area (TPSA) is 54.8 Å². The van der Waals surface area contributed by atoms with Gasteiger partial charge in [0.05, 0.1) is 23.8 Å². The van der Waals surface area contributed by atoms with Crippen LogP contribution in [0.1, 0.15) is 30.8 Å². The van der Waals surface area contributed by atoms with Crippen molar-refractivity contribution in [3.8, 4) is 5.82 Å². The number of rotatable bonds is 1. The van der Waals surface area contributed by atoms with Crippen molar-refractivity contribution in [1.82, 2.24) is 25.4 Å². The summed E-state index contributed by atoms with van der Waals surface area (Å²) in [6.07, 6.45) is 2.76. The maximum atomic E-state index is 4.74. The van der Waals surface area contributed by atoms with Crippen LogP contribution in [0.3, 0.4) is 0 Å². The SMILES string of the molecule is Cc1nn(-c2ccccn2)c2c1C1=C(NCN1)C(C)(C)C2. The smallest absolute Gasteiger partial charge is 0.153 e. The van der Waals surface area contributed by atoms with E-state index in [1.54, 1.807) is 0 Å². The van der Waals surface area contributed by atoms with E-state index in [-0.39, 0.29) is 5.41 Å². The van der Waals surface area contributed by atoms with E-state index in [0.29, 0.717) is 0 Å². The Bertz CT molecular complexity index is 740. The molecule has 4 rings (SSSR count). The van der Waals surface area contributed by atoms with Gasteiger partial charge in [-0.1, -0.05) is 19.9 Å². The van der Waals surface area contributed by atoms with E-state index < -0.39 is 0 Å². The van der Waals surface area contributed by atoms with Crippen molar-refractivity contribution in [3.63, 3.8) is 0 Å². The number of hydrogen-bond donors (Lipinski definition) is 2. The zero-order valence-corrected chi connectivity index (χ0v) is 12.6. The lowest BCUT2D eigenvalue weighted by Crippen LogP contribution is -2.30. The lowest BCUT2D eigenvalue weighted by atomic mass is 9.77. The second-order valence-electron chi connectivity index (χ2n) is 6.35. The van der Waals surface area contributed by atoms with Crippen molar-refractivity contribution in [2.45, 2.75) is 27.2 Å². The number of aromatic nitrogens is 3. The Kier molecular flexibility index (Phi) is 2.43. The molecule has 2 aromatic rings. The van der Waals surface area contributed by atoms with Crippen molar-refractivity contribution in [2.75, 3.05) is 6.67 Å². The summed E-state index contributed by atoms with van der Waals surface area (Å²) in [7, 11) is 0. The molecule has 0 amide bonds. The van der Waals surface area contributed by atoms with E-state index in [1.807, 2.05) is 29.1 Å². The lowest BCUT2D eigenvalue weighted by Gasteiger charge is -2.31. The van der Waals surface area contributed by atoms with Gasteiger partial charge >= 0.3 is 0 Å². The molecule has 2 N–H and O–H groups in total. The molecular weight excluding hydrogens is 262 g/mol. The third-order valence-corrected chi connectivity index (χ3v) is 4.34. The quantitative estimate of drug-likeness (QED) is 0.839. The number of pyridine rings is 1. The second kappa shape index (κ2) is 4.10. The fourth-order valence-electron chi connectivity index (χ4n) is 3.43. The molecule has 0 atom stereocenters. The fourth-order valence-corrected chi connectivity index (χ4v) is 3.43. The number of aryl methyl sites for hydroxylation is 1. The molecule has 2 aromatic heterocycles. The molecule has 1 aliphatic carbocycles. The van der Waals surface area contributed by atoms with Gasteiger partial charge in [-0.15, -0.1) is 0 Å². The maximum Gasteiger partial charge on any atom is 0.153 e. The van der Waals surface area contributed by atoms with Gasteiger partial charge in [-0.25, -0.2) is 9.67 Å². The third kappa shape index (κ3) is 1.70. The highest BCUT2D eigenvalue weighted by molar-refractivity contribution is 5.75. The molecule has 3 heterocycles. The molecule has 5 heteroatoms. The predicted molar refractivity (Wildman–Crippen MR) is 81.6 cm³/mol. The fraction of sp³-hybridized carbons (Fsp3) is 0.375. The molecule has 0 saturated carbocycles. The van der Waals surface area contributed by atoms with Crippen LogP contribution in [0.5, 0.6) is 0 Å². The molecular formula is C16H19N5. The van der Waals surface area contributed by atoms with Crippen molar-refractivity contribution in [1.29, 1.82) is 0 Å². The van der Waals surface area contributed by atoms with Crippen molar-refractivity contribution < 1.29 is 0 Å². The van der Waals surface area contributed by atoms with E-state index in [1.165, 1.54) is 22.7 Å². The largest absolute Gasteiger partial charge is 0.369 e. The summed E-state index contributed by atoms with van der Waals surface area (Å²) in [6, 6.07) is 5.93. The van der Waals surface area contributed by atoms with Gasteiger partial charge in [-0.2, -0.15) is 5.10 Å². The van der Waals surface area contributed by atoms with Crippen LogP contribution in [0, 0.1) is 12.3 Å². The number of nitrogens with zero attached hydrogens (tertiary/aromatic N) is 3. The molecule has 5 nitrogen and oxygen atoms in total. The first kappa shape index (κ1) is 12.4. The van der Waals surface area contributed by atoms with E-state index >= 15 is 0 Å². The Hall–Kier alpha value is -2.30. The zero-order chi connectivity index (χ0) is 14.6. The number of allylic oxidation sites excluding steroid dienone is 1. The summed E-state index contributed by atoms with van der Waals surface area (Å²) < 4.78 is 2.00. The van der Waals surface area contributed by atoms with Gasteiger partial charge in [-0.3, -0.25) is 0 Å². The van der Waals surface area contributed by atoms with Gasteiger partial charge in [0.15, 0.2) is 5.82 Å². The van der Waals surface area contributed by atoms with Crippen molar-refractivity contribution in [3.05, 3.63) is 47.0 Å². The molecule has 0 unspecified atom stereocenters. The monoisotopic (exact) mass is 281 g/mol. The number of fused-ring (bicyclic) bond motifs is 2. The van der Waals surface area contributed by atoms with E-state index in [2.05, 4.69) is 36.4 Å². The zero-order valence-electron chi connectivity index (χ0n) is 12.6. The molecule has 0 saturated heterocycles. The summed E-state index contributed by atoms with van der Waals surface area (Å²) in [4.78, 5) is 4.45. The predicted octanol–water partition coefficient (Wildman–Crippen LogP) is 1.98. The standard InChI is InChI=1S/C16H19N5/c1-10-13-11(21(20-10)12-6-4-5-7-17-12)8-16(2,3)15-14(13)18-9-19-15/h4-7,18-19H,8-9H2,1-3H3. The Morgan fingerprint density at radius 1 is 1.24 bits per heavy atom. The third-order valence-electron chi connectivity index (χ3n) is 4.34. The van der Waals surface area contributed by atoms with E-state index in [9.17, 15) is 0 Å². The lowest BCUT2D eigenvalue weighted by molar-refractivity contribution is 0.406. The first-order valence-corrected chi connectivity index (χ1v) is 7.31. The van der Waals surface area contributed by atoms with Gasteiger partial charge in [0.1, 0.15) is 0 Å². The van der Waals surface area contributed by atoms with Crippen molar-refractivity contribution in [2.24, 2.45) is 5.41 Å². The normalized spacial score (nSPS) is 18.8. The Morgan fingerprint density at radius 2 is 2.10 bits per heavy atom. The average Bonchev–Trinajstić information content (AvgIpc) is 3.05. The minimum atomic E-state index is 0.0742. The second-order valence-corrected chi connectivity index (χ2v) is 6.35. The highest BCUT2D eigenvalue weighted by Crippen LogP contribution is 2.43. The van der Waals surface area contributed by atoms with Gasteiger partial charge in [0.25, 0.3) is 0 Å². The first-order chi connectivity index (χ1) is 10.1. The van der Waals surface area contributed by atoms with Gasteiger partial charge in [-0.05, 0) is 19.1 Å². The minimum Gasteiger partial charge on any atom is -0.369 e. The molecule has 108 valence electrons. The van der Waals surface area contributed by atoms with Gasteiger partial charge in [0, 0.05) is 29.3 Å². The minimum absolute atomic E-state index is 0.0742. The van der Waals surface area contributed by atoms with Crippen molar-refractivity contribution >= 4 is 5.70 Å². The summed E-state index contributed by atoms with van der Waals surface area (Å²) in [6.45, 7) is 7.41. The molecule has 0 bridgehead atoms. The summed E-state index contributed by atoms with van der Waals surface area (Å²) in [5.74, 6) is 0.882.